The fourth-order valence-electron chi connectivity index (χ4n) is 1.97. The molecule has 0 unspecified atom stereocenters. The molecule has 0 saturated heterocycles. The van der Waals surface area contributed by atoms with Gasteiger partial charge < -0.3 is 5.73 Å². The Kier molecular flexibility index (Phi) is 2.74. The Morgan fingerprint density at radius 1 is 1.27 bits per heavy atom. The van der Waals surface area contributed by atoms with Crippen LogP contribution in [-0.2, 0) is 0 Å². The van der Waals surface area contributed by atoms with Gasteiger partial charge in [0, 0.05) is 11.6 Å². The predicted octanol–water partition coefficient (Wildman–Crippen LogP) is 3.07. The number of hydrogen-bond donors (Lipinski definition) is 1. The first-order valence-corrected chi connectivity index (χ1v) is 5.31. The Morgan fingerprint density at radius 3 is 2.47 bits per heavy atom. The maximum absolute atomic E-state index is 13.6. The van der Waals surface area contributed by atoms with Crippen molar-refractivity contribution < 1.29 is 8.78 Å². The summed E-state index contributed by atoms with van der Waals surface area (Å²) in [6.45, 7) is 1.55. The van der Waals surface area contributed by atoms with E-state index in [4.69, 9.17) is 5.73 Å². The molecule has 3 heteroatoms. The van der Waals surface area contributed by atoms with Gasteiger partial charge in [0.15, 0.2) is 11.6 Å². The predicted molar refractivity (Wildman–Crippen MR) is 55.4 cm³/mol. The Bertz CT molecular complexity index is 372. The summed E-state index contributed by atoms with van der Waals surface area (Å²) in [4.78, 5) is 0. The summed E-state index contributed by atoms with van der Waals surface area (Å²) in [5.74, 6) is -1.21. The minimum absolute atomic E-state index is 0.321. The lowest BCUT2D eigenvalue weighted by molar-refractivity contribution is 0.259. The van der Waals surface area contributed by atoms with Crippen molar-refractivity contribution in [1.82, 2.24) is 0 Å². The van der Waals surface area contributed by atoms with Crippen LogP contribution in [0, 0.1) is 24.5 Å². The lowest BCUT2D eigenvalue weighted by Gasteiger charge is -2.31. The molecule has 0 bridgehead atoms. The van der Waals surface area contributed by atoms with Gasteiger partial charge in [-0.2, -0.15) is 0 Å². The molecule has 0 radical (unpaired) electrons. The second kappa shape index (κ2) is 3.89. The summed E-state index contributed by atoms with van der Waals surface area (Å²) in [7, 11) is 0. The molecular weight excluding hydrogens is 196 g/mol. The smallest absolute Gasteiger partial charge is 0.163 e. The average molecular weight is 211 g/mol. The lowest BCUT2D eigenvalue weighted by atomic mass is 9.77. The maximum Gasteiger partial charge on any atom is 0.163 e. The quantitative estimate of drug-likeness (QED) is 0.799. The van der Waals surface area contributed by atoms with E-state index in [0.717, 1.165) is 19.3 Å². The van der Waals surface area contributed by atoms with Gasteiger partial charge >= 0.3 is 0 Å². The van der Waals surface area contributed by atoms with Crippen LogP contribution in [0.15, 0.2) is 12.1 Å². The topological polar surface area (TPSA) is 26.0 Å². The van der Waals surface area contributed by atoms with Gasteiger partial charge in [-0.1, -0.05) is 18.6 Å². The van der Waals surface area contributed by atoms with Gasteiger partial charge in [-0.05, 0) is 31.2 Å². The minimum Gasteiger partial charge on any atom is -0.324 e. The fourth-order valence-corrected chi connectivity index (χ4v) is 1.97. The standard InChI is InChI=1S/C12H15F2N/c1-7-5-6-9(11(14)10(7)13)12(15)8-3-2-4-8/h5-6,8,12H,2-4,15H2,1H3/t12-/m0/s1. The highest BCUT2D eigenvalue weighted by atomic mass is 19.2. The van der Waals surface area contributed by atoms with E-state index < -0.39 is 11.6 Å². The third kappa shape index (κ3) is 1.76. The molecule has 1 nitrogen and oxygen atoms in total. The molecule has 1 aliphatic carbocycles. The molecule has 0 heterocycles. The van der Waals surface area contributed by atoms with Gasteiger partial charge in [-0.15, -0.1) is 0 Å². The van der Waals surface area contributed by atoms with Crippen LogP contribution in [0.2, 0.25) is 0 Å². The first-order valence-electron chi connectivity index (χ1n) is 5.31. The third-order valence-corrected chi connectivity index (χ3v) is 3.32. The van der Waals surface area contributed by atoms with Gasteiger partial charge in [0.05, 0.1) is 0 Å². The van der Waals surface area contributed by atoms with Crippen LogP contribution in [0.5, 0.6) is 0 Å². The van der Waals surface area contributed by atoms with Crippen molar-refractivity contribution >= 4 is 0 Å². The highest BCUT2D eigenvalue weighted by Crippen LogP contribution is 2.37. The van der Waals surface area contributed by atoms with Gasteiger partial charge in [0.2, 0.25) is 0 Å². The van der Waals surface area contributed by atoms with Crippen molar-refractivity contribution in [1.29, 1.82) is 0 Å². The van der Waals surface area contributed by atoms with Crippen molar-refractivity contribution in [2.75, 3.05) is 0 Å². The average Bonchev–Trinajstić information content (AvgIpc) is 2.11. The summed E-state index contributed by atoms with van der Waals surface area (Å²) in [5.41, 5.74) is 6.57. The highest BCUT2D eigenvalue weighted by Gasteiger charge is 2.28. The summed E-state index contributed by atoms with van der Waals surface area (Å²) in [6.07, 6.45) is 3.19. The van der Waals surface area contributed by atoms with Crippen LogP contribution in [0.3, 0.4) is 0 Å². The molecule has 1 aliphatic rings. The Morgan fingerprint density at radius 2 is 1.93 bits per heavy atom. The molecule has 1 aromatic rings. The molecule has 15 heavy (non-hydrogen) atoms. The second-order valence-electron chi connectivity index (χ2n) is 4.32. The zero-order valence-corrected chi connectivity index (χ0v) is 8.76. The molecule has 1 saturated carbocycles. The van der Waals surface area contributed by atoms with Crippen molar-refractivity contribution in [3.05, 3.63) is 34.9 Å². The summed E-state index contributed by atoms with van der Waals surface area (Å²) >= 11 is 0. The maximum atomic E-state index is 13.6. The van der Waals surface area contributed by atoms with Gasteiger partial charge in [-0.3, -0.25) is 0 Å². The molecule has 0 aromatic heterocycles. The Balaban J connectivity index is 2.31. The number of hydrogen-bond acceptors (Lipinski definition) is 1. The Hall–Kier alpha value is -0.960. The summed E-state index contributed by atoms with van der Waals surface area (Å²) < 4.78 is 26.9. The van der Waals surface area contributed by atoms with E-state index >= 15 is 0 Å². The zero-order valence-electron chi connectivity index (χ0n) is 8.76. The first-order chi connectivity index (χ1) is 7.11. The van der Waals surface area contributed by atoms with Gasteiger partial charge in [-0.25, -0.2) is 8.78 Å². The molecule has 1 aromatic carbocycles. The molecule has 0 spiro atoms. The fraction of sp³-hybridized carbons (Fsp3) is 0.500. The van der Waals surface area contributed by atoms with Crippen molar-refractivity contribution in [2.45, 2.75) is 32.2 Å². The van der Waals surface area contributed by atoms with Crippen molar-refractivity contribution in [2.24, 2.45) is 11.7 Å². The third-order valence-electron chi connectivity index (χ3n) is 3.32. The van der Waals surface area contributed by atoms with E-state index in [-0.39, 0.29) is 6.04 Å². The van der Waals surface area contributed by atoms with Crippen LogP contribution in [0.4, 0.5) is 8.78 Å². The van der Waals surface area contributed by atoms with Crippen LogP contribution in [-0.4, -0.2) is 0 Å². The SMILES string of the molecule is Cc1ccc([C@@H](N)C2CCC2)c(F)c1F. The molecule has 82 valence electrons. The normalized spacial score (nSPS) is 18.7. The van der Waals surface area contributed by atoms with Crippen molar-refractivity contribution in [3.8, 4) is 0 Å². The molecule has 1 fully saturated rings. The largest absolute Gasteiger partial charge is 0.324 e. The number of halogens is 2. The minimum atomic E-state index is -0.769. The second-order valence-corrected chi connectivity index (χ2v) is 4.32. The highest BCUT2D eigenvalue weighted by molar-refractivity contribution is 5.28. The van der Waals surface area contributed by atoms with E-state index in [2.05, 4.69) is 0 Å². The van der Waals surface area contributed by atoms with E-state index in [1.165, 1.54) is 0 Å². The van der Waals surface area contributed by atoms with Crippen LogP contribution in [0.25, 0.3) is 0 Å². The van der Waals surface area contributed by atoms with Crippen molar-refractivity contribution in [3.63, 3.8) is 0 Å². The van der Waals surface area contributed by atoms with E-state index in [1.807, 2.05) is 0 Å². The number of benzene rings is 1. The Labute approximate surface area is 88.3 Å². The van der Waals surface area contributed by atoms with Crippen LogP contribution < -0.4 is 5.73 Å². The van der Waals surface area contributed by atoms with Crippen LogP contribution in [0.1, 0.15) is 36.4 Å². The van der Waals surface area contributed by atoms with Gasteiger partial charge in [0.1, 0.15) is 0 Å². The number of rotatable bonds is 2. The molecule has 0 aliphatic heterocycles. The first kappa shape index (κ1) is 10.6. The van der Waals surface area contributed by atoms with Gasteiger partial charge in [0.25, 0.3) is 0 Å². The summed E-state index contributed by atoms with van der Waals surface area (Å²) in [6, 6.07) is 2.84. The molecule has 1 atom stereocenters. The number of nitrogens with two attached hydrogens (primary N) is 1. The van der Waals surface area contributed by atoms with E-state index in [9.17, 15) is 8.78 Å². The van der Waals surface area contributed by atoms with Crippen LogP contribution >= 0.6 is 0 Å². The monoisotopic (exact) mass is 211 g/mol. The van der Waals surface area contributed by atoms with E-state index in [1.54, 1.807) is 19.1 Å². The molecular formula is C12H15F2N. The molecule has 2 rings (SSSR count). The molecule has 2 N–H and O–H groups in total. The number of aryl methyl sites for hydroxylation is 1. The summed E-state index contributed by atoms with van der Waals surface area (Å²) in [5, 5.41) is 0. The molecule has 0 amide bonds. The zero-order chi connectivity index (χ0) is 11.0. The van der Waals surface area contributed by atoms with E-state index in [0.29, 0.717) is 17.0 Å². The lowest BCUT2D eigenvalue weighted by Crippen LogP contribution is -2.27.